The van der Waals surface area contributed by atoms with Gasteiger partial charge in [0.05, 0.1) is 36.5 Å². The third-order valence-electron chi connectivity index (χ3n) is 5.97. The van der Waals surface area contributed by atoms with Gasteiger partial charge in [-0.05, 0) is 30.5 Å². The fourth-order valence-electron chi connectivity index (χ4n) is 4.15. The van der Waals surface area contributed by atoms with Crippen LogP contribution in [0.4, 0.5) is 0 Å². The molecule has 192 valence electrons. The van der Waals surface area contributed by atoms with Crippen LogP contribution in [0.15, 0.2) is 91.0 Å². The molecule has 4 rings (SSSR count). The molecule has 0 saturated carbocycles. The van der Waals surface area contributed by atoms with Gasteiger partial charge in [-0.2, -0.15) is 0 Å². The van der Waals surface area contributed by atoms with E-state index in [9.17, 15) is 0 Å². The summed E-state index contributed by atoms with van der Waals surface area (Å²) in [6, 6.07) is 30.6. The second-order valence-electron chi connectivity index (χ2n) is 9.19. The fourth-order valence-corrected chi connectivity index (χ4v) is 5.14. The van der Waals surface area contributed by atoms with Crippen LogP contribution in [0, 0.1) is 0 Å². The summed E-state index contributed by atoms with van der Waals surface area (Å²) < 4.78 is 32.0. The molecule has 0 aliphatic carbocycles. The van der Waals surface area contributed by atoms with Crippen molar-refractivity contribution >= 4 is 22.6 Å². The summed E-state index contributed by atoms with van der Waals surface area (Å²) in [5.74, 6) is 0. The molecule has 0 unspecified atom stereocenters. The molecule has 0 spiro atoms. The van der Waals surface area contributed by atoms with Crippen LogP contribution >= 0.6 is 22.6 Å². The van der Waals surface area contributed by atoms with Gasteiger partial charge < -0.3 is 23.7 Å². The van der Waals surface area contributed by atoms with E-state index < -0.39 is 6.29 Å². The topological polar surface area (TPSA) is 46.2 Å². The molecule has 1 heterocycles. The van der Waals surface area contributed by atoms with Crippen LogP contribution in [0.25, 0.3) is 0 Å². The van der Waals surface area contributed by atoms with Crippen molar-refractivity contribution in [2.75, 3.05) is 6.61 Å². The normalized spacial score (nSPS) is 24.5. The minimum Gasteiger partial charge on any atom is -0.369 e. The highest BCUT2D eigenvalue weighted by Crippen LogP contribution is 2.31. The highest BCUT2D eigenvalue weighted by atomic mass is 127. The van der Waals surface area contributed by atoms with Gasteiger partial charge >= 0.3 is 0 Å². The van der Waals surface area contributed by atoms with Gasteiger partial charge in [0.1, 0.15) is 18.3 Å². The summed E-state index contributed by atoms with van der Waals surface area (Å²) >= 11 is 2.39. The van der Waals surface area contributed by atoms with E-state index in [1.807, 2.05) is 68.4 Å². The number of hydrogen-bond donors (Lipinski definition) is 0. The first-order valence-corrected chi connectivity index (χ1v) is 13.7. The Morgan fingerprint density at radius 1 is 0.694 bits per heavy atom. The Morgan fingerprint density at radius 2 is 1.14 bits per heavy atom. The standard InChI is InChI=1S/C30H35IO5/c1-22(2)36-30-27(31)29(34-20-25-16-10-5-11-17-25)28(33-19-24-14-8-4-9-15-24)26(21-35-30)32-18-23-12-6-3-7-13-23/h3-17,22,26-30H,18-21H2,1-2H3/t26-,27-,28+,29+,30+/m1/s1. The first-order valence-electron chi connectivity index (χ1n) is 12.5. The lowest BCUT2D eigenvalue weighted by Gasteiger charge is -2.34. The van der Waals surface area contributed by atoms with Gasteiger partial charge in [0.2, 0.25) is 0 Å². The molecule has 0 aromatic heterocycles. The van der Waals surface area contributed by atoms with Crippen molar-refractivity contribution in [3.05, 3.63) is 108 Å². The van der Waals surface area contributed by atoms with Gasteiger partial charge in [0, 0.05) is 0 Å². The zero-order valence-electron chi connectivity index (χ0n) is 20.9. The van der Waals surface area contributed by atoms with E-state index in [1.165, 1.54) is 0 Å². The largest absolute Gasteiger partial charge is 0.369 e. The molecule has 1 saturated heterocycles. The average molecular weight is 603 g/mol. The fraction of sp³-hybridized carbons (Fsp3) is 0.400. The van der Waals surface area contributed by atoms with Crippen LogP contribution in [0.2, 0.25) is 0 Å². The van der Waals surface area contributed by atoms with E-state index in [0.717, 1.165) is 16.7 Å². The Kier molecular flexibility index (Phi) is 10.8. The number of halogens is 1. The molecule has 0 N–H and O–H groups in total. The second-order valence-corrected chi connectivity index (χ2v) is 10.6. The van der Waals surface area contributed by atoms with E-state index in [4.69, 9.17) is 23.7 Å². The van der Waals surface area contributed by atoms with Crippen molar-refractivity contribution in [3.8, 4) is 0 Å². The summed E-state index contributed by atoms with van der Waals surface area (Å²) in [5.41, 5.74) is 3.31. The second kappa shape index (κ2) is 14.2. The van der Waals surface area contributed by atoms with Gasteiger partial charge in [0.25, 0.3) is 0 Å². The van der Waals surface area contributed by atoms with Crippen LogP contribution < -0.4 is 0 Å². The lowest BCUT2D eigenvalue weighted by Crippen LogP contribution is -2.48. The molecule has 1 aliphatic rings. The van der Waals surface area contributed by atoms with Gasteiger partial charge in [-0.25, -0.2) is 0 Å². The predicted octanol–water partition coefficient (Wildman–Crippen LogP) is 6.33. The van der Waals surface area contributed by atoms with E-state index in [1.54, 1.807) is 0 Å². The Bertz CT molecular complexity index is 1000. The Morgan fingerprint density at radius 3 is 1.61 bits per heavy atom. The molecule has 6 heteroatoms. The maximum Gasteiger partial charge on any atom is 0.172 e. The number of alkyl halides is 1. The molecule has 5 nitrogen and oxygen atoms in total. The smallest absolute Gasteiger partial charge is 0.172 e. The maximum absolute atomic E-state index is 6.58. The lowest BCUT2D eigenvalue weighted by molar-refractivity contribution is -0.174. The minimum atomic E-state index is -0.431. The van der Waals surface area contributed by atoms with E-state index >= 15 is 0 Å². The Labute approximate surface area is 228 Å². The zero-order valence-corrected chi connectivity index (χ0v) is 23.0. The van der Waals surface area contributed by atoms with Crippen molar-refractivity contribution in [3.63, 3.8) is 0 Å². The maximum atomic E-state index is 6.58. The molecular weight excluding hydrogens is 567 g/mol. The number of benzene rings is 3. The van der Waals surface area contributed by atoms with Crippen LogP contribution in [-0.4, -0.2) is 41.2 Å². The molecule has 3 aromatic rings. The van der Waals surface area contributed by atoms with Crippen LogP contribution in [0.5, 0.6) is 0 Å². The molecule has 0 amide bonds. The van der Waals surface area contributed by atoms with Gasteiger partial charge in [-0.1, -0.05) is 114 Å². The third-order valence-corrected chi connectivity index (χ3v) is 7.27. The number of hydrogen-bond acceptors (Lipinski definition) is 5. The van der Waals surface area contributed by atoms with Crippen LogP contribution in [0.3, 0.4) is 0 Å². The zero-order chi connectivity index (χ0) is 25.2. The SMILES string of the molecule is CC(C)O[C@@H]1OC[C@@H](OCc2ccccc2)[C@H](OCc2ccccc2)[C@@H](OCc2ccccc2)[C@H]1I. The van der Waals surface area contributed by atoms with Crippen LogP contribution in [0.1, 0.15) is 30.5 Å². The van der Waals surface area contributed by atoms with Gasteiger partial charge in [-0.15, -0.1) is 0 Å². The summed E-state index contributed by atoms with van der Waals surface area (Å²) in [5, 5.41) is 0. The summed E-state index contributed by atoms with van der Waals surface area (Å²) in [6.45, 7) is 5.78. The molecule has 0 bridgehead atoms. The minimum absolute atomic E-state index is 0.0208. The van der Waals surface area contributed by atoms with Crippen molar-refractivity contribution in [1.29, 1.82) is 0 Å². The molecule has 0 radical (unpaired) electrons. The predicted molar refractivity (Wildman–Crippen MR) is 149 cm³/mol. The molecular formula is C30H35IO5. The summed E-state index contributed by atoms with van der Waals surface area (Å²) in [4.78, 5) is 0. The van der Waals surface area contributed by atoms with Crippen molar-refractivity contribution in [2.24, 2.45) is 0 Å². The molecule has 5 atom stereocenters. The van der Waals surface area contributed by atoms with Crippen molar-refractivity contribution in [2.45, 2.75) is 68.3 Å². The third kappa shape index (κ3) is 8.10. The Hall–Kier alpha value is -1.81. The van der Waals surface area contributed by atoms with E-state index in [0.29, 0.717) is 26.4 Å². The number of rotatable bonds is 11. The summed E-state index contributed by atoms with van der Waals surface area (Å²) in [7, 11) is 0. The first kappa shape index (κ1) is 27.2. The average Bonchev–Trinajstić information content (AvgIpc) is 3.02. The van der Waals surface area contributed by atoms with Crippen molar-refractivity contribution in [1.82, 2.24) is 0 Å². The summed E-state index contributed by atoms with van der Waals surface area (Å²) in [6.07, 6.45) is -1.39. The van der Waals surface area contributed by atoms with Gasteiger partial charge in [-0.3, -0.25) is 0 Å². The van der Waals surface area contributed by atoms with E-state index in [2.05, 4.69) is 59.0 Å². The highest BCUT2D eigenvalue weighted by Gasteiger charge is 2.44. The first-order chi connectivity index (χ1) is 17.6. The highest BCUT2D eigenvalue weighted by molar-refractivity contribution is 14.1. The number of ether oxygens (including phenoxy) is 5. The quantitative estimate of drug-likeness (QED) is 0.190. The molecule has 36 heavy (non-hydrogen) atoms. The van der Waals surface area contributed by atoms with Gasteiger partial charge in [0.15, 0.2) is 6.29 Å². The lowest BCUT2D eigenvalue weighted by atomic mass is 10.0. The monoisotopic (exact) mass is 602 g/mol. The van der Waals surface area contributed by atoms with E-state index in [-0.39, 0.29) is 28.3 Å². The van der Waals surface area contributed by atoms with Crippen molar-refractivity contribution < 1.29 is 23.7 Å². The van der Waals surface area contributed by atoms with Crippen LogP contribution in [-0.2, 0) is 43.5 Å². The Balaban J connectivity index is 1.58. The molecule has 3 aromatic carbocycles. The molecule has 1 aliphatic heterocycles. The molecule has 1 fully saturated rings.